The highest BCUT2D eigenvalue weighted by Crippen LogP contribution is 2.13. The summed E-state index contributed by atoms with van der Waals surface area (Å²) in [7, 11) is 0. The van der Waals surface area contributed by atoms with Crippen molar-refractivity contribution in [1.82, 2.24) is 16.0 Å². The van der Waals surface area contributed by atoms with Crippen molar-refractivity contribution in [3.63, 3.8) is 0 Å². The second-order valence-electron chi connectivity index (χ2n) is 4.06. The lowest BCUT2D eigenvalue weighted by molar-refractivity contribution is -0.126. The highest BCUT2D eigenvalue weighted by atomic mass is 35.5. The van der Waals surface area contributed by atoms with Gasteiger partial charge in [0.15, 0.2) is 0 Å². The fraction of sp³-hybridized carbons (Fsp3) is 0.889. The summed E-state index contributed by atoms with van der Waals surface area (Å²) in [6, 6.07) is 0.525. The molecule has 0 radical (unpaired) electrons. The van der Waals surface area contributed by atoms with Crippen LogP contribution in [0.2, 0.25) is 0 Å². The SMILES string of the molecule is CC1CCNC(=O)C1NC1CNC1.Cl. The maximum Gasteiger partial charge on any atom is 0.237 e. The Morgan fingerprint density at radius 1 is 1.43 bits per heavy atom. The number of halogens is 1. The van der Waals surface area contributed by atoms with Crippen LogP contribution in [0.1, 0.15) is 13.3 Å². The molecule has 0 spiro atoms. The molecule has 5 heteroatoms. The first-order valence-electron chi connectivity index (χ1n) is 5.02. The minimum absolute atomic E-state index is 0. The van der Waals surface area contributed by atoms with Gasteiger partial charge in [-0.3, -0.25) is 4.79 Å². The molecular weight excluding hydrogens is 202 g/mol. The number of hydrogen-bond acceptors (Lipinski definition) is 3. The average molecular weight is 220 g/mol. The minimum atomic E-state index is 0. The molecule has 4 nitrogen and oxygen atoms in total. The maximum atomic E-state index is 11.5. The molecule has 0 saturated carbocycles. The molecule has 2 heterocycles. The third kappa shape index (κ3) is 2.38. The summed E-state index contributed by atoms with van der Waals surface area (Å²) in [5.74, 6) is 0.639. The molecule has 2 atom stereocenters. The number of carbonyl (C=O) groups is 1. The van der Waals surface area contributed by atoms with Gasteiger partial charge in [-0.2, -0.15) is 0 Å². The normalized spacial score (nSPS) is 32.8. The van der Waals surface area contributed by atoms with Crippen molar-refractivity contribution in [3.8, 4) is 0 Å². The van der Waals surface area contributed by atoms with Gasteiger partial charge in [0, 0.05) is 25.7 Å². The summed E-state index contributed by atoms with van der Waals surface area (Å²) in [6.07, 6.45) is 1.09. The number of piperidine rings is 1. The van der Waals surface area contributed by atoms with Crippen molar-refractivity contribution < 1.29 is 4.79 Å². The van der Waals surface area contributed by atoms with Gasteiger partial charge in [-0.25, -0.2) is 0 Å². The second-order valence-corrected chi connectivity index (χ2v) is 4.06. The molecule has 2 rings (SSSR count). The van der Waals surface area contributed by atoms with Crippen molar-refractivity contribution >= 4 is 18.3 Å². The highest BCUT2D eigenvalue weighted by Gasteiger charge is 2.31. The van der Waals surface area contributed by atoms with E-state index in [-0.39, 0.29) is 24.4 Å². The summed E-state index contributed by atoms with van der Waals surface area (Å²) in [5, 5.41) is 9.46. The number of hydrogen-bond donors (Lipinski definition) is 3. The Bertz CT molecular complexity index is 208. The van der Waals surface area contributed by atoms with E-state index in [9.17, 15) is 4.79 Å². The van der Waals surface area contributed by atoms with Gasteiger partial charge in [0.25, 0.3) is 0 Å². The second kappa shape index (κ2) is 4.96. The Kier molecular flexibility index (Phi) is 4.16. The first kappa shape index (κ1) is 11.8. The van der Waals surface area contributed by atoms with Gasteiger partial charge in [0.05, 0.1) is 6.04 Å². The molecule has 0 aromatic rings. The predicted octanol–water partition coefficient (Wildman–Crippen LogP) is -0.506. The number of amides is 1. The summed E-state index contributed by atoms with van der Waals surface area (Å²) < 4.78 is 0. The molecule has 1 amide bonds. The summed E-state index contributed by atoms with van der Waals surface area (Å²) >= 11 is 0. The molecule has 2 aliphatic rings. The van der Waals surface area contributed by atoms with Crippen LogP contribution < -0.4 is 16.0 Å². The van der Waals surface area contributed by atoms with Gasteiger partial charge in [-0.1, -0.05) is 6.92 Å². The van der Waals surface area contributed by atoms with Crippen LogP contribution in [0, 0.1) is 5.92 Å². The summed E-state index contributed by atoms with van der Waals surface area (Å²) in [6.45, 7) is 4.97. The lowest BCUT2D eigenvalue weighted by Gasteiger charge is -2.36. The van der Waals surface area contributed by atoms with Gasteiger partial charge >= 0.3 is 0 Å². The highest BCUT2D eigenvalue weighted by molar-refractivity contribution is 5.85. The molecule has 3 N–H and O–H groups in total. The van der Waals surface area contributed by atoms with Gasteiger partial charge in [-0.05, 0) is 12.3 Å². The third-order valence-electron chi connectivity index (χ3n) is 2.95. The number of nitrogens with one attached hydrogen (secondary N) is 3. The van der Waals surface area contributed by atoms with E-state index in [1.807, 2.05) is 0 Å². The van der Waals surface area contributed by atoms with Crippen molar-refractivity contribution in [2.75, 3.05) is 19.6 Å². The van der Waals surface area contributed by atoms with Crippen LogP contribution in [0.3, 0.4) is 0 Å². The molecule has 14 heavy (non-hydrogen) atoms. The predicted molar refractivity (Wildman–Crippen MR) is 57.6 cm³/mol. The Balaban J connectivity index is 0.000000980. The molecular formula is C9H18ClN3O. The quantitative estimate of drug-likeness (QED) is 0.587. The van der Waals surface area contributed by atoms with E-state index in [4.69, 9.17) is 0 Å². The molecule has 2 unspecified atom stereocenters. The summed E-state index contributed by atoms with van der Waals surface area (Å²) in [4.78, 5) is 11.5. The van der Waals surface area contributed by atoms with Crippen LogP contribution >= 0.6 is 12.4 Å². The first-order chi connectivity index (χ1) is 6.27. The van der Waals surface area contributed by atoms with Gasteiger partial charge in [0.1, 0.15) is 0 Å². The number of carbonyl (C=O) groups excluding carboxylic acids is 1. The number of rotatable bonds is 2. The largest absolute Gasteiger partial charge is 0.355 e. The lowest BCUT2D eigenvalue weighted by Crippen LogP contribution is -2.63. The Morgan fingerprint density at radius 2 is 2.14 bits per heavy atom. The lowest BCUT2D eigenvalue weighted by atomic mass is 9.93. The van der Waals surface area contributed by atoms with Crippen LogP contribution in [0.5, 0.6) is 0 Å². The van der Waals surface area contributed by atoms with Crippen LogP contribution in [-0.2, 0) is 4.79 Å². The van der Waals surface area contributed by atoms with E-state index < -0.39 is 0 Å². The van der Waals surface area contributed by atoms with Crippen LogP contribution in [0.15, 0.2) is 0 Å². The average Bonchev–Trinajstić information content (AvgIpc) is 2.00. The van der Waals surface area contributed by atoms with Crippen LogP contribution in [-0.4, -0.2) is 37.6 Å². The minimum Gasteiger partial charge on any atom is -0.355 e. The Labute approximate surface area is 90.6 Å². The first-order valence-corrected chi connectivity index (χ1v) is 5.02. The van der Waals surface area contributed by atoms with Gasteiger partial charge in [-0.15, -0.1) is 12.4 Å². The van der Waals surface area contributed by atoms with E-state index in [0.29, 0.717) is 12.0 Å². The zero-order valence-electron chi connectivity index (χ0n) is 8.38. The molecule has 2 saturated heterocycles. The molecule has 82 valence electrons. The standard InChI is InChI=1S/C9H17N3O.ClH/c1-6-2-3-11-9(13)8(6)12-7-4-10-5-7;/h6-8,10,12H,2-5H2,1H3,(H,11,13);1H. The van der Waals surface area contributed by atoms with Gasteiger partial charge < -0.3 is 16.0 Å². The monoisotopic (exact) mass is 219 g/mol. The smallest absolute Gasteiger partial charge is 0.237 e. The molecule has 0 aromatic carbocycles. The van der Waals surface area contributed by atoms with E-state index in [1.54, 1.807) is 0 Å². The van der Waals surface area contributed by atoms with Gasteiger partial charge in [0.2, 0.25) is 5.91 Å². The molecule has 2 fully saturated rings. The van der Waals surface area contributed by atoms with E-state index in [0.717, 1.165) is 26.1 Å². The van der Waals surface area contributed by atoms with Crippen molar-refractivity contribution in [2.24, 2.45) is 5.92 Å². The van der Waals surface area contributed by atoms with E-state index in [2.05, 4.69) is 22.9 Å². The summed E-state index contributed by atoms with van der Waals surface area (Å²) in [5.41, 5.74) is 0. The van der Waals surface area contributed by atoms with Crippen molar-refractivity contribution in [2.45, 2.75) is 25.4 Å². The zero-order chi connectivity index (χ0) is 9.26. The topological polar surface area (TPSA) is 53.2 Å². The maximum absolute atomic E-state index is 11.5. The fourth-order valence-electron chi connectivity index (χ4n) is 1.86. The third-order valence-corrected chi connectivity index (χ3v) is 2.95. The van der Waals surface area contributed by atoms with E-state index >= 15 is 0 Å². The van der Waals surface area contributed by atoms with Crippen LogP contribution in [0.25, 0.3) is 0 Å². The van der Waals surface area contributed by atoms with E-state index in [1.165, 1.54) is 0 Å². The van der Waals surface area contributed by atoms with Crippen molar-refractivity contribution in [3.05, 3.63) is 0 Å². The van der Waals surface area contributed by atoms with Crippen LogP contribution in [0.4, 0.5) is 0 Å². The zero-order valence-corrected chi connectivity index (χ0v) is 9.19. The molecule has 0 bridgehead atoms. The Hall–Kier alpha value is -0.320. The Morgan fingerprint density at radius 3 is 2.64 bits per heavy atom. The fourth-order valence-corrected chi connectivity index (χ4v) is 1.86. The van der Waals surface area contributed by atoms with Crippen molar-refractivity contribution in [1.29, 1.82) is 0 Å². The molecule has 2 aliphatic heterocycles. The molecule has 0 aromatic heterocycles. The molecule has 0 aliphatic carbocycles.